The van der Waals surface area contributed by atoms with Crippen LogP contribution >= 0.6 is 11.6 Å². The molecule has 1 aromatic rings. The summed E-state index contributed by atoms with van der Waals surface area (Å²) in [5.74, 6) is 0.683. The summed E-state index contributed by atoms with van der Waals surface area (Å²) in [7, 11) is 0. The molecule has 1 saturated carbocycles. The van der Waals surface area contributed by atoms with Crippen LogP contribution in [0.15, 0.2) is 24.3 Å². The lowest BCUT2D eigenvalue weighted by molar-refractivity contribution is -0.117. The van der Waals surface area contributed by atoms with Crippen molar-refractivity contribution in [1.82, 2.24) is 0 Å². The van der Waals surface area contributed by atoms with Crippen LogP contribution in [0.2, 0.25) is 5.02 Å². The maximum absolute atomic E-state index is 11.8. The first-order valence-electron chi connectivity index (χ1n) is 6.29. The lowest BCUT2D eigenvalue weighted by Crippen LogP contribution is -2.18. The van der Waals surface area contributed by atoms with Crippen molar-refractivity contribution in [2.45, 2.75) is 38.5 Å². The molecule has 1 fully saturated rings. The average Bonchev–Trinajstić information content (AvgIpc) is 2.30. The lowest BCUT2D eigenvalue weighted by atomic mass is 9.87. The highest BCUT2D eigenvalue weighted by atomic mass is 35.5. The minimum Gasteiger partial charge on any atom is -0.326 e. The Bertz CT molecular complexity index is 386. The molecule has 0 spiro atoms. The molecule has 1 amide bonds. The summed E-state index contributed by atoms with van der Waals surface area (Å²) in [4.78, 5) is 11.8. The van der Waals surface area contributed by atoms with Crippen LogP contribution in [0.1, 0.15) is 38.5 Å². The van der Waals surface area contributed by atoms with Gasteiger partial charge in [-0.2, -0.15) is 0 Å². The predicted molar refractivity (Wildman–Crippen MR) is 71.3 cm³/mol. The molecule has 0 aliphatic heterocycles. The van der Waals surface area contributed by atoms with E-state index in [9.17, 15) is 4.79 Å². The highest BCUT2D eigenvalue weighted by molar-refractivity contribution is 6.30. The van der Waals surface area contributed by atoms with Gasteiger partial charge >= 0.3 is 0 Å². The first-order valence-corrected chi connectivity index (χ1v) is 6.67. The number of halogens is 1. The van der Waals surface area contributed by atoms with Gasteiger partial charge in [0.1, 0.15) is 0 Å². The molecule has 1 aromatic carbocycles. The zero-order valence-electron chi connectivity index (χ0n) is 9.92. The van der Waals surface area contributed by atoms with Crippen molar-refractivity contribution in [3.63, 3.8) is 0 Å². The Morgan fingerprint density at radius 3 is 2.76 bits per heavy atom. The van der Waals surface area contributed by atoms with Gasteiger partial charge in [0.05, 0.1) is 0 Å². The third-order valence-corrected chi connectivity index (χ3v) is 3.54. The van der Waals surface area contributed by atoms with Gasteiger partial charge in [0, 0.05) is 17.1 Å². The highest BCUT2D eigenvalue weighted by Crippen LogP contribution is 2.26. The van der Waals surface area contributed by atoms with Crippen LogP contribution in [0.4, 0.5) is 5.69 Å². The number of nitrogens with one attached hydrogen (secondary N) is 1. The Balaban J connectivity index is 1.84. The standard InChI is InChI=1S/C14H18ClNO/c15-12-7-4-8-13(10-12)16-14(17)9-11-5-2-1-3-6-11/h4,7-8,10-11H,1-3,5-6,9H2,(H,16,17). The highest BCUT2D eigenvalue weighted by Gasteiger charge is 2.16. The van der Waals surface area contributed by atoms with Gasteiger partial charge in [-0.1, -0.05) is 36.9 Å². The van der Waals surface area contributed by atoms with Crippen LogP contribution < -0.4 is 5.32 Å². The zero-order chi connectivity index (χ0) is 12.1. The fraction of sp³-hybridized carbons (Fsp3) is 0.500. The van der Waals surface area contributed by atoms with Crippen LogP contribution in [0.25, 0.3) is 0 Å². The third kappa shape index (κ3) is 4.04. The van der Waals surface area contributed by atoms with E-state index in [0.717, 1.165) is 5.69 Å². The van der Waals surface area contributed by atoms with Gasteiger partial charge in [-0.25, -0.2) is 0 Å². The van der Waals surface area contributed by atoms with Gasteiger partial charge in [0.2, 0.25) is 5.91 Å². The van der Waals surface area contributed by atoms with Crippen molar-refractivity contribution in [2.75, 3.05) is 5.32 Å². The Morgan fingerprint density at radius 2 is 2.06 bits per heavy atom. The molecule has 0 bridgehead atoms. The van der Waals surface area contributed by atoms with Crippen molar-refractivity contribution >= 4 is 23.2 Å². The maximum Gasteiger partial charge on any atom is 0.224 e. The van der Waals surface area contributed by atoms with E-state index in [0.29, 0.717) is 17.4 Å². The molecule has 2 rings (SSSR count). The van der Waals surface area contributed by atoms with E-state index < -0.39 is 0 Å². The first-order chi connectivity index (χ1) is 8.24. The summed E-state index contributed by atoms with van der Waals surface area (Å²) < 4.78 is 0. The van der Waals surface area contributed by atoms with Gasteiger partial charge < -0.3 is 5.32 Å². The molecular weight excluding hydrogens is 234 g/mol. The van der Waals surface area contributed by atoms with E-state index in [1.807, 2.05) is 12.1 Å². The number of amides is 1. The summed E-state index contributed by atoms with van der Waals surface area (Å²) in [6.07, 6.45) is 6.91. The van der Waals surface area contributed by atoms with Gasteiger partial charge in [-0.05, 0) is 37.0 Å². The molecular formula is C14H18ClNO. The second-order valence-electron chi connectivity index (χ2n) is 4.77. The molecule has 0 aromatic heterocycles. The molecule has 1 aliphatic carbocycles. The van der Waals surface area contributed by atoms with Crippen molar-refractivity contribution in [3.8, 4) is 0 Å². The number of hydrogen-bond donors (Lipinski definition) is 1. The van der Waals surface area contributed by atoms with Crippen LogP contribution in [0.3, 0.4) is 0 Å². The molecule has 0 saturated heterocycles. The van der Waals surface area contributed by atoms with Crippen molar-refractivity contribution in [1.29, 1.82) is 0 Å². The van der Waals surface area contributed by atoms with E-state index in [1.165, 1.54) is 32.1 Å². The number of benzene rings is 1. The van der Waals surface area contributed by atoms with E-state index >= 15 is 0 Å². The Kier molecular flexibility index (Phi) is 4.43. The number of carbonyl (C=O) groups excluding carboxylic acids is 1. The molecule has 1 aliphatic rings. The topological polar surface area (TPSA) is 29.1 Å². The number of anilines is 1. The van der Waals surface area contributed by atoms with Gasteiger partial charge in [0.15, 0.2) is 0 Å². The second kappa shape index (κ2) is 6.06. The minimum absolute atomic E-state index is 0.110. The fourth-order valence-corrected chi connectivity index (χ4v) is 2.62. The largest absolute Gasteiger partial charge is 0.326 e. The zero-order valence-corrected chi connectivity index (χ0v) is 10.7. The second-order valence-corrected chi connectivity index (χ2v) is 5.20. The molecule has 0 unspecified atom stereocenters. The smallest absolute Gasteiger partial charge is 0.224 e. The van der Waals surface area contributed by atoms with E-state index in [-0.39, 0.29) is 5.91 Å². The molecule has 0 atom stereocenters. The van der Waals surface area contributed by atoms with Crippen molar-refractivity contribution < 1.29 is 4.79 Å². The van der Waals surface area contributed by atoms with Gasteiger partial charge in [-0.15, -0.1) is 0 Å². The SMILES string of the molecule is O=C(CC1CCCCC1)Nc1cccc(Cl)c1. The van der Waals surface area contributed by atoms with Gasteiger partial charge in [-0.3, -0.25) is 4.79 Å². The fourth-order valence-electron chi connectivity index (χ4n) is 2.43. The maximum atomic E-state index is 11.8. The summed E-state index contributed by atoms with van der Waals surface area (Å²) >= 11 is 5.87. The molecule has 0 radical (unpaired) electrons. The monoisotopic (exact) mass is 251 g/mol. The van der Waals surface area contributed by atoms with Gasteiger partial charge in [0.25, 0.3) is 0 Å². The molecule has 2 nitrogen and oxygen atoms in total. The van der Waals surface area contributed by atoms with Crippen LogP contribution in [-0.2, 0) is 4.79 Å². The molecule has 17 heavy (non-hydrogen) atoms. The predicted octanol–water partition coefficient (Wildman–Crippen LogP) is 4.25. The third-order valence-electron chi connectivity index (χ3n) is 3.31. The first kappa shape index (κ1) is 12.4. The Labute approximate surface area is 107 Å². The number of carbonyl (C=O) groups is 1. The van der Waals surface area contributed by atoms with Crippen LogP contribution in [0, 0.1) is 5.92 Å². The summed E-state index contributed by atoms with van der Waals surface area (Å²) in [6, 6.07) is 7.29. The van der Waals surface area contributed by atoms with E-state index in [2.05, 4.69) is 5.32 Å². The van der Waals surface area contributed by atoms with Crippen molar-refractivity contribution in [3.05, 3.63) is 29.3 Å². The molecule has 0 heterocycles. The van der Waals surface area contributed by atoms with Crippen molar-refractivity contribution in [2.24, 2.45) is 5.92 Å². The van der Waals surface area contributed by atoms with E-state index in [4.69, 9.17) is 11.6 Å². The minimum atomic E-state index is 0.110. The summed E-state index contributed by atoms with van der Waals surface area (Å²) in [5.41, 5.74) is 0.790. The molecule has 92 valence electrons. The van der Waals surface area contributed by atoms with Crippen LogP contribution in [0.5, 0.6) is 0 Å². The number of rotatable bonds is 3. The van der Waals surface area contributed by atoms with Crippen LogP contribution in [-0.4, -0.2) is 5.91 Å². The Hall–Kier alpha value is -1.02. The lowest BCUT2D eigenvalue weighted by Gasteiger charge is -2.20. The normalized spacial score (nSPS) is 16.8. The average molecular weight is 252 g/mol. The summed E-state index contributed by atoms with van der Waals surface area (Å²) in [6.45, 7) is 0. The Morgan fingerprint density at radius 1 is 1.29 bits per heavy atom. The quantitative estimate of drug-likeness (QED) is 0.855. The van der Waals surface area contributed by atoms with E-state index in [1.54, 1.807) is 12.1 Å². The number of hydrogen-bond acceptors (Lipinski definition) is 1. The molecule has 3 heteroatoms. The molecule has 1 N–H and O–H groups in total. The summed E-state index contributed by atoms with van der Waals surface area (Å²) in [5, 5.41) is 3.56.